The van der Waals surface area contributed by atoms with Gasteiger partial charge in [-0.1, -0.05) is 12.1 Å². The second-order valence-corrected chi connectivity index (χ2v) is 7.45. The maximum atomic E-state index is 12.7. The summed E-state index contributed by atoms with van der Waals surface area (Å²) >= 11 is 2.75. The van der Waals surface area contributed by atoms with E-state index >= 15 is 0 Å². The Bertz CT molecular complexity index is 1010. The van der Waals surface area contributed by atoms with Crippen molar-refractivity contribution in [2.45, 2.75) is 13.8 Å². The number of rotatable bonds is 6. The number of ether oxygens (including phenoxy) is 2. The average molecular weight is 415 g/mol. The van der Waals surface area contributed by atoms with Crippen LogP contribution in [-0.4, -0.2) is 24.5 Å². The van der Waals surface area contributed by atoms with Crippen molar-refractivity contribution in [3.8, 4) is 16.2 Å². The second kappa shape index (κ2) is 8.81. The zero-order valence-corrected chi connectivity index (χ0v) is 16.8. The summed E-state index contributed by atoms with van der Waals surface area (Å²) < 4.78 is 10.2. The molecule has 0 aliphatic rings. The van der Waals surface area contributed by atoms with E-state index in [1.165, 1.54) is 35.7 Å². The van der Waals surface area contributed by atoms with Gasteiger partial charge in [0, 0.05) is 28.3 Å². The largest absolute Gasteiger partial charge is 0.462 e. The molecule has 144 valence electrons. The smallest absolute Gasteiger partial charge is 0.341 e. The van der Waals surface area contributed by atoms with Gasteiger partial charge in [0.1, 0.15) is 16.3 Å². The van der Waals surface area contributed by atoms with E-state index in [-0.39, 0.29) is 12.4 Å². The van der Waals surface area contributed by atoms with Gasteiger partial charge in [-0.2, -0.15) is 0 Å². The van der Waals surface area contributed by atoms with E-state index in [1.54, 1.807) is 25.1 Å². The van der Waals surface area contributed by atoms with Crippen LogP contribution in [0.25, 0.3) is 10.4 Å². The van der Waals surface area contributed by atoms with E-state index in [4.69, 9.17) is 9.47 Å². The number of carbonyl (C=O) groups excluding carboxylic acids is 3. The molecule has 28 heavy (non-hydrogen) atoms. The maximum Gasteiger partial charge on any atom is 0.341 e. The summed E-state index contributed by atoms with van der Waals surface area (Å²) in [6.45, 7) is 3.25. The Balaban J connectivity index is 1.90. The van der Waals surface area contributed by atoms with Crippen LogP contribution < -0.4 is 10.1 Å². The summed E-state index contributed by atoms with van der Waals surface area (Å²) in [6, 6.07) is 10.1. The highest BCUT2D eigenvalue weighted by Crippen LogP contribution is 2.38. The summed E-state index contributed by atoms with van der Waals surface area (Å²) in [5, 5.41) is 6.92. The summed E-state index contributed by atoms with van der Waals surface area (Å²) in [5.74, 6) is -1.10. The summed E-state index contributed by atoms with van der Waals surface area (Å²) in [6.07, 6.45) is 0. The van der Waals surface area contributed by atoms with Crippen LogP contribution in [0.1, 0.15) is 34.6 Å². The van der Waals surface area contributed by atoms with E-state index in [0.29, 0.717) is 16.1 Å². The van der Waals surface area contributed by atoms with Crippen LogP contribution in [0.2, 0.25) is 0 Å². The van der Waals surface area contributed by atoms with Gasteiger partial charge >= 0.3 is 11.9 Å². The SMILES string of the molecule is CCOC(=O)c1c(-c2cccs2)csc1NC(=O)c1cccc(OC(C)=O)c1. The van der Waals surface area contributed by atoms with Crippen LogP contribution in [-0.2, 0) is 9.53 Å². The highest BCUT2D eigenvalue weighted by molar-refractivity contribution is 7.17. The lowest BCUT2D eigenvalue weighted by Gasteiger charge is -2.09. The molecule has 2 aromatic heterocycles. The van der Waals surface area contributed by atoms with Gasteiger partial charge in [-0.15, -0.1) is 22.7 Å². The highest BCUT2D eigenvalue weighted by atomic mass is 32.1. The molecule has 1 aromatic carbocycles. The third-order valence-corrected chi connectivity index (χ3v) is 5.44. The third kappa shape index (κ3) is 4.47. The Morgan fingerprint density at radius 1 is 1.11 bits per heavy atom. The molecule has 0 radical (unpaired) electrons. The molecule has 0 aliphatic heterocycles. The number of carbonyl (C=O) groups is 3. The number of hydrogen-bond acceptors (Lipinski definition) is 7. The molecule has 0 atom stereocenters. The number of hydrogen-bond donors (Lipinski definition) is 1. The molecular formula is C20H17NO5S2. The molecule has 0 bridgehead atoms. The minimum Gasteiger partial charge on any atom is -0.462 e. The second-order valence-electron chi connectivity index (χ2n) is 5.63. The van der Waals surface area contributed by atoms with Gasteiger partial charge in [-0.3, -0.25) is 9.59 Å². The van der Waals surface area contributed by atoms with Crippen LogP contribution in [0.4, 0.5) is 5.00 Å². The first-order valence-electron chi connectivity index (χ1n) is 8.42. The molecule has 8 heteroatoms. The monoisotopic (exact) mass is 415 g/mol. The Morgan fingerprint density at radius 3 is 2.61 bits per heavy atom. The lowest BCUT2D eigenvalue weighted by atomic mass is 10.1. The first kappa shape index (κ1) is 19.8. The fourth-order valence-electron chi connectivity index (χ4n) is 2.51. The molecule has 0 saturated heterocycles. The topological polar surface area (TPSA) is 81.7 Å². The van der Waals surface area contributed by atoms with Crippen molar-refractivity contribution in [1.82, 2.24) is 0 Å². The Labute approximate surface area is 169 Å². The molecule has 1 N–H and O–H groups in total. The van der Waals surface area contributed by atoms with Crippen molar-refractivity contribution in [3.05, 3.63) is 58.3 Å². The van der Waals surface area contributed by atoms with Gasteiger partial charge in [0.15, 0.2) is 0 Å². The van der Waals surface area contributed by atoms with Gasteiger partial charge in [0.05, 0.1) is 6.61 Å². The maximum absolute atomic E-state index is 12.7. The predicted octanol–water partition coefficient (Wildman–Crippen LogP) is 4.83. The van der Waals surface area contributed by atoms with E-state index in [2.05, 4.69) is 5.32 Å². The highest BCUT2D eigenvalue weighted by Gasteiger charge is 2.23. The molecule has 0 aliphatic carbocycles. The molecule has 2 heterocycles. The summed E-state index contributed by atoms with van der Waals surface area (Å²) in [5.41, 5.74) is 1.36. The van der Waals surface area contributed by atoms with E-state index in [0.717, 1.165) is 10.4 Å². The first-order chi connectivity index (χ1) is 13.5. The number of benzene rings is 1. The summed E-state index contributed by atoms with van der Waals surface area (Å²) in [7, 11) is 0. The van der Waals surface area contributed by atoms with Crippen molar-refractivity contribution in [2.24, 2.45) is 0 Å². The van der Waals surface area contributed by atoms with Crippen molar-refractivity contribution < 1.29 is 23.9 Å². The van der Waals surface area contributed by atoms with E-state index in [1.807, 2.05) is 22.9 Å². The molecule has 0 spiro atoms. The molecule has 0 unspecified atom stereocenters. The van der Waals surface area contributed by atoms with Crippen LogP contribution >= 0.6 is 22.7 Å². The minimum absolute atomic E-state index is 0.233. The molecule has 6 nitrogen and oxygen atoms in total. The lowest BCUT2D eigenvalue weighted by Crippen LogP contribution is -2.15. The fourth-order valence-corrected chi connectivity index (χ4v) is 4.28. The Morgan fingerprint density at radius 2 is 1.93 bits per heavy atom. The van der Waals surface area contributed by atoms with Crippen molar-refractivity contribution in [2.75, 3.05) is 11.9 Å². The molecule has 0 saturated carbocycles. The quantitative estimate of drug-likeness (QED) is 0.461. The zero-order chi connectivity index (χ0) is 20.1. The van der Waals surface area contributed by atoms with Crippen LogP contribution in [0.3, 0.4) is 0 Å². The predicted molar refractivity (Wildman–Crippen MR) is 109 cm³/mol. The van der Waals surface area contributed by atoms with Gasteiger partial charge in [-0.25, -0.2) is 4.79 Å². The van der Waals surface area contributed by atoms with Gasteiger partial charge in [0.25, 0.3) is 5.91 Å². The standard InChI is InChI=1S/C20H17NO5S2/c1-3-25-20(24)17-15(16-8-5-9-27-16)11-28-19(17)21-18(23)13-6-4-7-14(10-13)26-12(2)22/h4-11H,3H2,1-2H3,(H,21,23). The molecule has 1 amide bonds. The van der Waals surface area contributed by atoms with Gasteiger partial charge in [-0.05, 0) is 36.6 Å². The average Bonchev–Trinajstić information content (AvgIpc) is 3.31. The number of amides is 1. The van der Waals surface area contributed by atoms with E-state index < -0.39 is 17.8 Å². The van der Waals surface area contributed by atoms with Crippen molar-refractivity contribution in [1.29, 1.82) is 0 Å². The molecule has 3 rings (SSSR count). The Kier molecular flexibility index (Phi) is 6.23. The third-order valence-electron chi connectivity index (χ3n) is 3.64. The normalized spacial score (nSPS) is 10.4. The van der Waals surface area contributed by atoms with Gasteiger partial charge < -0.3 is 14.8 Å². The van der Waals surface area contributed by atoms with Crippen molar-refractivity contribution >= 4 is 45.5 Å². The number of anilines is 1. The first-order valence-corrected chi connectivity index (χ1v) is 10.2. The van der Waals surface area contributed by atoms with Gasteiger partial charge in [0.2, 0.25) is 0 Å². The Hall–Kier alpha value is -2.97. The molecule has 0 fully saturated rings. The number of nitrogens with one attached hydrogen (secondary N) is 1. The number of esters is 2. The summed E-state index contributed by atoms with van der Waals surface area (Å²) in [4.78, 5) is 37.2. The molecular weight excluding hydrogens is 398 g/mol. The lowest BCUT2D eigenvalue weighted by molar-refractivity contribution is -0.131. The van der Waals surface area contributed by atoms with Crippen LogP contribution in [0.5, 0.6) is 5.75 Å². The van der Waals surface area contributed by atoms with Crippen LogP contribution in [0, 0.1) is 0 Å². The minimum atomic E-state index is -0.490. The number of thiophene rings is 2. The van der Waals surface area contributed by atoms with Crippen molar-refractivity contribution in [3.63, 3.8) is 0 Å². The fraction of sp³-hybridized carbons (Fsp3) is 0.150. The van der Waals surface area contributed by atoms with Crippen LogP contribution in [0.15, 0.2) is 47.2 Å². The molecule has 3 aromatic rings. The van der Waals surface area contributed by atoms with E-state index in [9.17, 15) is 14.4 Å². The zero-order valence-electron chi connectivity index (χ0n) is 15.2.